The van der Waals surface area contributed by atoms with Crippen molar-refractivity contribution in [1.29, 1.82) is 0 Å². The van der Waals surface area contributed by atoms with E-state index in [0.717, 1.165) is 22.4 Å². The Hall–Kier alpha value is -1.07. The monoisotopic (exact) mass is 394 g/mol. The van der Waals surface area contributed by atoms with E-state index in [2.05, 4.69) is 17.4 Å². The summed E-state index contributed by atoms with van der Waals surface area (Å²) in [5, 5.41) is 4.37. The van der Waals surface area contributed by atoms with Crippen LogP contribution in [0.4, 0.5) is 0 Å². The Labute approximate surface area is 160 Å². The Morgan fingerprint density at radius 1 is 0.875 bits per heavy atom. The lowest BCUT2D eigenvalue weighted by atomic mass is 9.98. The minimum Gasteiger partial charge on any atom is -0.330 e. The quantitative estimate of drug-likeness (QED) is 0.524. The summed E-state index contributed by atoms with van der Waals surface area (Å²) < 4.78 is -0.513. The fourth-order valence-corrected chi connectivity index (χ4v) is 5.01. The largest absolute Gasteiger partial charge is 0.330 e. The number of hydrogen-bond acceptors (Lipinski definition) is 4. The van der Waals surface area contributed by atoms with Gasteiger partial charge in [-0.1, -0.05) is 54.1 Å². The summed E-state index contributed by atoms with van der Waals surface area (Å²) in [5.74, 6) is 0. The molecule has 1 aliphatic rings. The first-order chi connectivity index (χ1) is 11.6. The molecule has 0 amide bonds. The fourth-order valence-electron chi connectivity index (χ4n) is 2.68. The highest BCUT2D eigenvalue weighted by Crippen LogP contribution is 2.51. The molecular formula is C18H16Cl2N2S2. The second kappa shape index (κ2) is 7.44. The predicted molar refractivity (Wildman–Crippen MR) is 111 cm³/mol. The minimum absolute atomic E-state index is 0.398. The zero-order chi connectivity index (χ0) is 17.2. The van der Waals surface area contributed by atoms with E-state index in [4.69, 9.17) is 28.2 Å². The number of amidine groups is 1. The molecule has 6 heteroatoms. The van der Waals surface area contributed by atoms with Gasteiger partial charge in [0.25, 0.3) is 0 Å². The van der Waals surface area contributed by atoms with Crippen LogP contribution in [0.15, 0.2) is 59.6 Å². The summed E-state index contributed by atoms with van der Waals surface area (Å²) in [5.41, 5.74) is 4.21. The highest BCUT2D eigenvalue weighted by atomic mass is 35.5. The van der Waals surface area contributed by atoms with Crippen molar-refractivity contribution in [3.8, 4) is 0 Å². The molecule has 0 unspecified atom stereocenters. The van der Waals surface area contributed by atoms with Gasteiger partial charge in [0.05, 0.1) is 5.70 Å². The van der Waals surface area contributed by atoms with Gasteiger partial charge in [-0.15, -0.1) is 23.5 Å². The van der Waals surface area contributed by atoms with Gasteiger partial charge in [0.1, 0.15) is 0 Å². The lowest BCUT2D eigenvalue weighted by Gasteiger charge is -2.35. The highest BCUT2D eigenvalue weighted by molar-refractivity contribution is 8.18. The van der Waals surface area contributed by atoms with E-state index in [-0.39, 0.29) is 0 Å². The van der Waals surface area contributed by atoms with Crippen LogP contribution < -0.4 is 5.32 Å². The molecule has 2 aromatic rings. The molecular weight excluding hydrogens is 379 g/mol. The van der Waals surface area contributed by atoms with Gasteiger partial charge in [0, 0.05) is 10.6 Å². The maximum atomic E-state index is 6.34. The van der Waals surface area contributed by atoms with Crippen molar-refractivity contribution in [1.82, 2.24) is 5.32 Å². The van der Waals surface area contributed by atoms with Crippen LogP contribution in [0.3, 0.4) is 0 Å². The first kappa shape index (κ1) is 17.7. The van der Waals surface area contributed by atoms with Gasteiger partial charge >= 0.3 is 0 Å². The Morgan fingerprint density at radius 2 is 1.50 bits per heavy atom. The van der Waals surface area contributed by atoms with Crippen molar-refractivity contribution in [2.24, 2.45) is 4.99 Å². The predicted octanol–water partition coefficient (Wildman–Crippen LogP) is 5.79. The second-order valence-corrected chi connectivity index (χ2v) is 8.19. The molecule has 0 spiro atoms. The number of nitrogens with zero attached hydrogens (tertiary/aromatic N) is 1. The number of halogens is 2. The molecule has 0 saturated heterocycles. The average Bonchev–Trinajstić information content (AvgIpc) is 2.62. The van der Waals surface area contributed by atoms with Crippen molar-refractivity contribution in [3.63, 3.8) is 0 Å². The summed E-state index contributed by atoms with van der Waals surface area (Å²) in [6, 6.07) is 18.0. The molecule has 0 fully saturated rings. The average molecular weight is 395 g/mol. The van der Waals surface area contributed by atoms with Crippen LogP contribution in [0.1, 0.15) is 11.1 Å². The normalized spacial score (nSPS) is 16.6. The Kier molecular flexibility index (Phi) is 5.50. The molecule has 0 radical (unpaired) electrons. The molecule has 0 saturated carbocycles. The number of thioether (sulfide) groups is 2. The van der Waals surface area contributed by atoms with Crippen LogP contribution >= 0.6 is 46.7 Å². The molecule has 2 aromatic carbocycles. The summed E-state index contributed by atoms with van der Waals surface area (Å²) in [6.45, 7) is 0. The molecule has 0 atom stereocenters. The van der Waals surface area contributed by atoms with Gasteiger partial charge in [-0.2, -0.15) is 0 Å². The standard InChI is InChI=1S/C18H16Cl2N2S2/c1-23-18(24-2)15(12-8-10-14(19)11-9-12)16(21-17(20)22-18)13-6-4-3-5-7-13/h3-11H,1-2H3,(H,21,22). The van der Waals surface area contributed by atoms with Gasteiger partial charge in [-0.05, 0) is 47.4 Å². The SMILES string of the molecule is CSC1(SC)N=C(Cl)NC(c2ccccc2)=C1c1ccc(Cl)cc1. The van der Waals surface area contributed by atoms with Crippen molar-refractivity contribution < 1.29 is 0 Å². The molecule has 1 heterocycles. The Bertz CT molecular complexity index is 782. The van der Waals surface area contributed by atoms with E-state index in [0.29, 0.717) is 10.3 Å². The fraction of sp³-hybridized carbons (Fsp3) is 0.167. The molecule has 24 heavy (non-hydrogen) atoms. The molecule has 124 valence electrons. The minimum atomic E-state index is -0.513. The zero-order valence-corrected chi connectivity index (χ0v) is 16.4. The van der Waals surface area contributed by atoms with Gasteiger partial charge in [0.2, 0.25) is 0 Å². The lowest BCUT2D eigenvalue weighted by Crippen LogP contribution is -2.33. The molecule has 3 rings (SSSR count). The van der Waals surface area contributed by atoms with E-state index in [1.165, 1.54) is 0 Å². The molecule has 0 aromatic heterocycles. The van der Waals surface area contributed by atoms with Gasteiger partial charge in [-0.25, -0.2) is 4.99 Å². The van der Waals surface area contributed by atoms with Crippen molar-refractivity contribution in [2.75, 3.05) is 12.5 Å². The first-order valence-electron chi connectivity index (χ1n) is 7.28. The van der Waals surface area contributed by atoms with Gasteiger partial charge < -0.3 is 5.32 Å². The molecule has 1 aliphatic heterocycles. The third kappa shape index (κ3) is 3.33. The Morgan fingerprint density at radius 3 is 2.08 bits per heavy atom. The Balaban J connectivity index is 2.28. The third-order valence-electron chi connectivity index (χ3n) is 3.79. The second-order valence-electron chi connectivity index (χ2n) is 5.14. The summed E-state index contributed by atoms with van der Waals surface area (Å²) in [6.07, 6.45) is 4.10. The molecule has 2 nitrogen and oxygen atoms in total. The van der Waals surface area contributed by atoms with Crippen LogP contribution in [0.5, 0.6) is 0 Å². The van der Waals surface area contributed by atoms with Crippen LogP contribution in [0.25, 0.3) is 11.3 Å². The van der Waals surface area contributed by atoms with E-state index in [1.54, 1.807) is 23.5 Å². The van der Waals surface area contributed by atoms with Crippen molar-refractivity contribution >= 4 is 63.3 Å². The van der Waals surface area contributed by atoms with Crippen LogP contribution in [0, 0.1) is 0 Å². The number of aliphatic imine (C=N–C) groups is 1. The maximum Gasteiger partial charge on any atom is 0.198 e. The van der Waals surface area contributed by atoms with Gasteiger partial charge in [-0.3, -0.25) is 0 Å². The van der Waals surface area contributed by atoms with E-state index in [9.17, 15) is 0 Å². The summed E-state index contributed by atoms with van der Waals surface area (Å²) in [7, 11) is 0. The van der Waals surface area contributed by atoms with Crippen LogP contribution in [-0.4, -0.2) is 22.0 Å². The van der Waals surface area contributed by atoms with E-state index < -0.39 is 4.20 Å². The number of nitrogens with one attached hydrogen (secondary N) is 1. The molecule has 0 bridgehead atoms. The van der Waals surface area contributed by atoms with E-state index in [1.807, 2.05) is 55.0 Å². The zero-order valence-electron chi connectivity index (χ0n) is 13.2. The smallest absolute Gasteiger partial charge is 0.198 e. The van der Waals surface area contributed by atoms with Crippen molar-refractivity contribution in [2.45, 2.75) is 4.20 Å². The van der Waals surface area contributed by atoms with E-state index >= 15 is 0 Å². The molecule has 0 aliphatic carbocycles. The van der Waals surface area contributed by atoms with Crippen molar-refractivity contribution in [3.05, 3.63) is 70.7 Å². The lowest BCUT2D eigenvalue weighted by molar-refractivity contribution is 1.05. The summed E-state index contributed by atoms with van der Waals surface area (Å²) >= 11 is 15.7. The number of benzene rings is 2. The number of hydrogen-bond donors (Lipinski definition) is 1. The topological polar surface area (TPSA) is 24.4 Å². The third-order valence-corrected chi connectivity index (χ3v) is 6.92. The van der Waals surface area contributed by atoms with Gasteiger partial charge in [0.15, 0.2) is 9.50 Å². The molecule has 1 N–H and O–H groups in total. The highest BCUT2D eigenvalue weighted by Gasteiger charge is 2.39. The van der Waals surface area contributed by atoms with Crippen LogP contribution in [0.2, 0.25) is 5.02 Å². The first-order valence-corrected chi connectivity index (χ1v) is 10.5. The van der Waals surface area contributed by atoms with Crippen LogP contribution in [-0.2, 0) is 0 Å². The summed E-state index contributed by atoms with van der Waals surface area (Å²) in [4.78, 5) is 4.71. The number of rotatable bonds is 4. The maximum absolute atomic E-state index is 6.34.